The third kappa shape index (κ3) is 6.39. The van der Waals surface area contributed by atoms with Crippen molar-refractivity contribution in [1.82, 2.24) is 15.2 Å². The number of nitrogens with zero attached hydrogens (tertiary/aromatic N) is 2. The van der Waals surface area contributed by atoms with Crippen LogP contribution >= 0.6 is 12.4 Å². The number of rotatable bonds is 7. The van der Waals surface area contributed by atoms with Crippen molar-refractivity contribution >= 4 is 18.3 Å². The summed E-state index contributed by atoms with van der Waals surface area (Å²) < 4.78 is 0. The zero-order chi connectivity index (χ0) is 20.6. The van der Waals surface area contributed by atoms with Gasteiger partial charge in [-0.1, -0.05) is 66.7 Å². The number of amides is 1. The van der Waals surface area contributed by atoms with Crippen LogP contribution in [0.3, 0.4) is 0 Å². The molecule has 4 nitrogen and oxygen atoms in total. The average Bonchev–Trinajstić information content (AvgIpc) is 2.81. The van der Waals surface area contributed by atoms with Crippen molar-refractivity contribution in [3.05, 3.63) is 102 Å². The molecule has 3 aromatic rings. The smallest absolute Gasteiger partial charge is 0.223 e. The molecule has 1 N–H and O–H groups in total. The van der Waals surface area contributed by atoms with Crippen LogP contribution in [-0.4, -0.2) is 35.4 Å². The summed E-state index contributed by atoms with van der Waals surface area (Å²) in [6.07, 6.45) is 6.03. The Morgan fingerprint density at radius 1 is 0.968 bits per heavy atom. The number of carbonyl (C=O) groups excluding carboxylic acids is 1. The topological polar surface area (TPSA) is 45.2 Å². The first kappa shape index (κ1) is 23.0. The van der Waals surface area contributed by atoms with Crippen molar-refractivity contribution in [2.45, 2.75) is 25.3 Å². The molecule has 1 aliphatic heterocycles. The van der Waals surface area contributed by atoms with E-state index in [1.54, 1.807) is 6.20 Å². The van der Waals surface area contributed by atoms with Crippen molar-refractivity contribution in [3.8, 4) is 0 Å². The molecule has 0 bridgehead atoms. The number of hydrogen-bond acceptors (Lipinski definition) is 3. The van der Waals surface area contributed by atoms with E-state index in [0.717, 1.165) is 38.0 Å². The van der Waals surface area contributed by atoms with Crippen LogP contribution in [0.25, 0.3) is 0 Å². The minimum Gasteiger partial charge on any atom is -0.333 e. The maximum atomic E-state index is 13.5. The van der Waals surface area contributed by atoms with Gasteiger partial charge < -0.3 is 10.2 Å². The zero-order valence-electron chi connectivity index (χ0n) is 17.7. The van der Waals surface area contributed by atoms with Crippen LogP contribution in [0.2, 0.25) is 0 Å². The Morgan fingerprint density at radius 2 is 1.61 bits per heavy atom. The van der Waals surface area contributed by atoms with E-state index in [9.17, 15) is 4.79 Å². The van der Waals surface area contributed by atoms with Crippen LogP contribution in [0.4, 0.5) is 0 Å². The molecule has 2 aromatic carbocycles. The second-order valence-corrected chi connectivity index (χ2v) is 8.04. The van der Waals surface area contributed by atoms with Crippen LogP contribution in [-0.2, 0) is 17.6 Å². The summed E-state index contributed by atoms with van der Waals surface area (Å²) in [6, 6.07) is 25.1. The van der Waals surface area contributed by atoms with E-state index < -0.39 is 0 Å². The highest BCUT2D eigenvalue weighted by molar-refractivity contribution is 5.85. The lowest BCUT2D eigenvalue weighted by Gasteiger charge is -2.37. The number of nitrogens with one attached hydrogen (secondary N) is 1. The normalized spacial score (nSPS) is 16.0. The van der Waals surface area contributed by atoms with Gasteiger partial charge in [-0.05, 0) is 41.5 Å². The highest BCUT2D eigenvalue weighted by atomic mass is 35.5. The summed E-state index contributed by atoms with van der Waals surface area (Å²) in [7, 11) is 0. The molecular formula is C26H30ClN3O. The van der Waals surface area contributed by atoms with Gasteiger partial charge in [0.15, 0.2) is 0 Å². The first-order chi connectivity index (χ1) is 14.8. The summed E-state index contributed by atoms with van der Waals surface area (Å²) in [6.45, 7) is 2.35. The van der Waals surface area contributed by atoms with E-state index in [1.165, 1.54) is 11.1 Å². The Labute approximate surface area is 191 Å². The molecule has 1 atom stereocenters. The van der Waals surface area contributed by atoms with Gasteiger partial charge in [-0.2, -0.15) is 0 Å². The number of benzene rings is 2. The molecule has 4 rings (SSSR count). The lowest BCUT2D eigenvalue weighted by molar-refractivity contribution is -0.135. The number of halogens is 1. The molecule has 1 fully saturated rings. The van der Waals surface area contributed by atoms with Gasteiger partial charge >= 0.3 is 0 Å². The van der Waals surface area contributed by atoms with E-state index in [4.69, 9.17) is 0 Å². The fourth-order valence-corrected chi connectivity index (χ4v) is 4.35. The summed E-state index contributed by atoms with van der Waals surface area (Å²) in [5.74, 6) is 0.508. The van der Waals surface area contributed by atoms with E-state index in [1.807, 2.05) is 24.4 Å². The Kier molecular flexibility index (Phi) is 8.63. The number of pyridine rings is 1. The van der Waals surface area contributed by atoms with Gasteiger partial charge in [0.2, 0.25) is 5.91 Å². The van der Waals surface area contributed by atoms with E-state index in [0.29, 0.717) is 6.42 Å². The van der Waals surface area contributed by atoms with Gasteiger partial charge in [-0.25, -0.2) is 0 Å². The summed E-state index contributed by atoms with van der Waals surface area (Å²) >= 11 is 0. The van der Waals surface area contributed by atoms with Crippen molar-refractivity contribution in [2.75, 3.05) is 19.6 Å². The summed E-state index contributed by atoms with van der Waals surface area (Å²) in [5, 5.41) is 3.43. The van der Waals surface area contributed by atoms with Gasteiger partial charge in [0.1, 0.15) is 0 Å². The minimum atomic E-state index is 0. The molecule has 1 aromatic heterocycles. The molecule has 162 valence electrons. The Hall–Kier alpha value is -2.69. The second-order valence-electron chi connectivity index (χ2n) is 8.04. The third-order valence-corrected chi connectivity index (χ3v) is 5.83. The van der Waals surface area contributed by atoms with Gasteiger partial charge in [0, 0.05) is 38.4 Å². The maximum Gasteiger partial charge on any atom is 0.223 e. The van der Waals surface area contributed by atoms with Crippen molar-refractivity contribution < 1.29 is 4.79 Å². The van der Waals surface area contributed by atoms with Gasteiger partial charge in [-0.3, -0.25) is 9.78 Å². The van der Waals surface area contributed by atoms with E-state index in [2.05, 4.69) is 69.8 Å². The van der Waals surface area contributed by atoms with Crippen molar-refractivity contribution in [3.63, 3.8) is 0 Å². The van der Waals surface area contributed by atoms with Crippen LogP contribution in [0.5, 0.6) is 0 Å². The molecule has 1 amide bonds. The summed E-state index contributed by atoms with van der Waals surface area (Å²) in [4.78, 5) is 19.8. The number of carbonyl (C=O) groups is 1. The van der Waals surface area contributed by atoms with Crippen LogP contribution in [0.1, 0.15) is 29.2 Å². The average molecular weight is 436 g/mol. The monoisotopic (exact) mass is 435 g/mol. The molecule has 0 radical (unpaired) electrons. The molecule has 0 aliphatic carbocycles. The molecule has 2 heterocycles. The zero-order valence-corrected chi connectivity index (χ0v) is 18.5. The molecule has 1 saturated heterocycles. The maximum absolute atomic E-state index is 13.5. The predicted molar refractivity (Wildman–Crippen MR) is 127 cm³/mol. The Bertz CT molecular complexity index is 880. The lowest BCUT2D eigenvalue weighted by atomic mass is 9.89. The first-order valence-electron chi connectivity index (χ1n) is 10.8. The van der Waals surface area contributed by atoms with Gasteiger partial charge in [0.25, 0.3) is 0 Å². The van der Waals surface area contributed by atoms with Crippen LogP contribution in [0.15, 0.2) is 85.2 Å². The molecule has 5 heteroatoms. The Morgan fingerprint density at radius 3 is 2.19 bits per heavy atom. The van der Waals surface area contributed by atoms with E-state index in [-0.39, 0.29) is 30.3 Å². The van der Waals surface area contributed by atoms with Crippen LogP contribution in [0, 0.1) is 5.92 Å². The van der Waals surface area contributed by atoms with Crippen LogP contribution < -0.4 is 5.32 Å². The SMILES string of the molecule is Cl.O=C(CC(Cc1ccccc1)Cc1ccccc1)N1CCNCC1c1cccnc1. The van der Waals surface area contributed by atoms with Crippen molar-refractivity contribution in [1.29, 1.82) is 0 Å². The highest BCUT2D eigenvalue weighted by Gasteiger charge is 2.29. The molecule has 1 aliphatic rings. The standard InChI is InChI=1S/C26H29N3O.ClH/c30-26(29-15-14-28-20-25(29)24-12-7-13-27-19-24)18-23(16-21-8-3-1-4-9-21)17-22-10-5-2-6-11-22;/h1-13,19,23,25,28H,14-18,20H2;1H. The molecular weight excluding hydrogens is 406 g/mol. The third-order valence-electron chi connectivity index (χ3n) is 5.83. The van der Waals surface area contributed by atoms with E-state index >= 15 is 0 Å². The Balaban J connectivity index is 0.00000272. The van der Waals surface area contributed by atoms with Crippen molar-refractivity contribution in [2.24, 2.45) is 5.92 Å². The lowest BCUT2D eigenvalue weighted by Crippen LogP contribution is -2.49. The fourth-order valence-electron chi connectivity index (χ4n) is 4.35. The molecule has 1 unspecified atom stereocenters. The molecule has 0 saturated carbocycles. The largest absolute Gasteiger partial charge is 0.333 e. The number of piperazine rings is 1. The molecule has 31 heavy (non-hydrogen) atoms. The van der Waals surface area contributed by atoms with Gasteiger partial charge in [0.05, 0.1) is 6.04 Å². The van der Waals surface area contributed by atoms with Gasteiger partial charge in [-0.15, -0.1) is 12.4 Å². The quantitative estimate of drug-likeness (QED) is 0.595. The number of hydrogen-bond donors (Lipinski definition) is 1. The fraction of sp³-hybridized carbons (Fsp3) is 0.308. The highest BCUT2D eigenvalue weighted by Crippen LogP contribution is 2.25. The minimum absolute atomic E-state index is 0. The second kappa shape index (κ2) is 11.6. The summed E-state index contributed by atoms with van der Waals surface area (Å²) in [5.41, 5.74) is 3.67. The predicted octanol–water partition coefficient (Wildman–Crippen LogP) is 4.47. The first-order valence-corrected chi connectivity index (χ1v) is 10.8. The number of aromatic nitrogens is 1. The molecule has 0 spiro atoms.